The van der Waals surface area contributed by atoms with E-state index >= 15 is 0 Å². The fourth-order valence-electron chi connectivity index (χ4n) is 2.22. The third kappa shape index (κ3) is 3.70. The first-order valence-electron chi connectivity index (χ1n) is 6.83. The molecule has 1 N–H and O–H groups in total. The quantitative estimate of drug-likeness (QED) is 0.819. The average molecular weight is 340 g/mol. The number of hydrogen-bond donors (Lipinski definition) is 1. The maximum absolute atomic E-state index is 13.3. The first-order valence-corrected chi connectivity index (χ1v) is 7.62. The second-order valence-electron chi connectivity index (χ2n) is 4.93. The molecule has 0 radical (unpaired) electrons. The second kappa shape index (κ2) is 7.04. The van der Waals surface area contributed by atoms with Crippen molar-refractivity contribution in [1.29, 1.82) is 0 Å². The predicted molar refractivity (Wildman–Crippen MR) is 82.3 cm³/mol. The summed E-state index contributed by atoms with van der Waals surface area (Å²) in [4.78, 5) is 0. The lowest BCUT2D eigenvalue weighted by atomic mass is 10.0. The summed E-state index contributed by atoms with van der Waals surface area (Å²) in [6.45, 7) is 5.10. The third-order valence-electron chi connectivity index (χ3n) is 3.28. The normalized spacial score (nSPS) is 12.6. The Bertz CT molecular complexity index is 567. The zero-order valence-corrected chi connectivity index (χ0v) is 13.3. The summed E-state index contributed by atoms with van der Waals surface area (Å²) in [5, 5.41) is 3.49. The van der Waals surface area contributed by atoms with Gasteiger partial charge in [-0.15, -0.1) is 0 Å². The van der Waals surface area contributed by atoms with Crippen LogP contribution in [0, 0.1) is 12.7 Å². The molecule has 108 valence electrons. The lowest BCUT2D eigenvalue weighted by molar-refractivity contribution is 0.407. The highest BCUT2D eigenvalue weighted by Crippen LogP contribution is 2.25. The molecular weight excluding hydrogens is 321 g/mol. The van der Waals surface area contributed by atoms with Crippen molar-refractivity contribution in [1.82, 2.24) is 5.32 Å². The summed E-state index contributed by atoms with van der Waals surface area (Å²) in [5.41, 5.74) is 2.21. The average Bonchev–Trinajstić information content (AvgIpc) is 2.85. The Morgan fingerprint density at radius 2 is 2.15 bits per heavy atom. The SMILES string of the molecule is CCCNC(Cc1ccc(F)c(Br)c1)c1occc1C. The van der Waals surface area contributed by atoms with Crippen LogP contribution in [0.25, 0.3) is 0 Å². The van der Waals surface area contributed by atoms with Crippen molar-refractivity contribution in [3.63, 3.8) is 0 Å². The molecule has 1 unspecified atom stereocenters. The van der Waals surface area contributed by atoms with Crippen LogP contribution in [0.15, 0.2) is 39.4 Å². The van der Waals surface area contributed by atoms with Crippen LogP contribution in [-0.4, -0.2) is 6.54 Å². The Morgan fingerprint density at radius 1 is 1.35 bits per heavy atom. The van der Waals surface area contributed by atoms with E-state index in [0.717, 1.165) is 36.3 Å². The third-order valence-corrected chi connectivity index (χ3v) is 3.89. The Hall–Kier alpha value is -1.13. The van der Waals surface area contributed by atoms with Crippen molar-refractivity contribution in [3.8, 4) is 0 Å². The minimum atomic E-state index is -0.235. The molecule has 0 aliphatic heterocycles. The molecule has 0 spiro atoms. The topological polar surface area (TPSA) is 25.2 Å². The van der Waals surface area contributed by atoms with Gasteiger partial charge in [0.25, 0.3) is 0 Å². The highest BCUT2D eigenvalue weighted by atomic mass is 79.9. The Labute approximate surface area is 127 Å². The van der Waals surface area contributed by atoms with Gasteiger partial charge in [-0.1, -0.05) is 13.0 Å². The number of halogens is 2. The molecule has 0 aliphatic carbocycles. The molecule has 0 saturated heterocycles. The van der Waals surface area contributed by atoms with Crippen LogP contribution in [-0.2, 0) is 6.42 Å². The minimum absolute atomic E-state index is 0.113. The highest BCUT2D eigenvalue weighted by molar-refractivity contribution is 9.10. The lowest BCUT2D eigenvalue weighted by Gasteiger charge is -2.17. The van der Waals surface area contributed by atoms with Crippen molar-refractivity contribution in [2.24, 2.45) is 0 Å². The van der Waals surface area contributed by atoms with Crippen LogP contribution in [0.5, 0.6) is 0 Å². The van der Waals surface area contributed by atoms with E-state index in [1.165, 1.54) is 6.07 Å². The van der Waals surface area contributed by atoms with Crippen LogP contribution in [0.4, 0.5) is 4.39 Å². The molecule has 20 heavy (non-hydrogen) atoms. The molecule has 2 nitrogen and oxygen atoms in total. The largest absolute Gasteiger partial charge is 0.467 e. The molecule has 0 amide bonds. The molecule has 1 aromatic heterocycles. The summed E-state index contributed by atoms with van der Waals surface area (Å²) in [6.07, 6.45) is 3.54. The van der Waals surface area contributed by atoms with Gasteiger partial charge in [0.1, 0.15) is 11.6 Å². The van der Waals surface area contributed by atoms with E-state index in [-0.39, 0.29) is 11.9 Å². The van der Waals surface area contributed by atoms with Gasteiger partial charge in [-0.25, -0.2) is 4.39 Å². The van der Waals surface area contributed by atoms with Crippen LogP contribution in [0.2, 0.25) is 0 Å². The van der Waals surface area contributed by atoms with Gasteiger partial charge in [0, 0.05) is 0 Å². The summed E-state index contributed by atoms with van der Waals surface area (Å²) >= 11 is 3.23. The number of furan rings is 1. The van der Waals surface area contributed by atoms with E-state index in [1.807, 2.05) is 25.1 Å². The maximum atomic E-state index is 13.3. The number of hydrogen-bond acceptors (Lipinski definition) is 2. The van der Waals surface area contributed by atoms with Gasteiger partial charge < -0.3 is 9.73 Å². The number of aryl methyl sites for hydroxylation is 1. The molecule has 1 atom stereocenters. The summed E-state index contributed by atoms with van der Waals surface area (Å²) < 4.78 is 19.4. The van der Waals surface area contributed by atoms with Gasteiger partial charge in [0.15, 0.2) is 0 Å². The van der Waals surface area contributed by atoms with E-state index in [9.17, 15) is 4.39 Å². The van der Waals surface area contributed by atoms with E-state index < -0.39 is 0 Å². The van der Waals surface area contributed by atoms with Gasteiger partial charge in [-0.3, -0.25) is 0 Å². The van der Waals surface area contributed by atoms with Gasteiger partial charge in [-0.2, -0.15) is 0 Å². The van der Waals surface area contributed by atoms with Crippen LogP contribution in [0.1, 0.15) is 36.3 Å². The molecule has 2 aromatic rings. The number of benzene rings is 1. The molecule has 0 bridgehead atoms. The minimum Gasteiger partial charge on any atom is -0.467 e. The highest BCUT2D eigenvalue weighted by Gasteiger charge is 2.17. The second-order valence-corrected chi connectivity index (χ2v) is 5.78. The zero-order valence-electron chi connectivity index (χ0n) is 11.7. The molecule has 0 fully saturated rings. The predicted octanol–water partition coefficient (Wildman–Crippen LogP) is 4.77. The molecule has 1 aromatic carbocycles. The number of nitrogens with one attached hydrogen (secondary N) is 1. The van der Waals surface area contributed by atoms with E-state index in [0.29, 0.717) is 4.47 Å². The molecular formula is C16H19BrFNO. The standard InChI is InChI=1S/C16H19BrFNO/c1-3-7-19-15(16-11(2)6-8-20-16)10-12-4-5-14(18)13(17)9-12/h4-6,8-9,15,19H,3,7,10H2,1-2H3. The first-order chi connectivity index (χ1) is 9.61. The molecule has 0 saturated carbocycles. The smallest absolute Gasteiger partial charge is 0.137 e. The summed E-state index contributed by atoms with van der Waals surface area (Å²) in [5.74, 6) is 0.722. The van der Waals surface area contributed by atoms with E-state index in [1.54, 1.807) is 6.26 Å². The van der Waals surface area contributed by atoms with Crippen LogP contribution >= 0.6 is 15.9 Å². The first kappa shape index (κ1) is 15.3. The van der Waals surface area contributed by atoms with Gasteiger partial charge in [0.05, 0.1) is 16.8 Å². The van der Waals surface area contributed by atoms with Crippen LogP contribution in [0.3, 0.4) is 0 Å². The summed E-state index contributed by atoms with van der Waals surface area (Å²) in [6, 6.07) is 7.22. The van der Waals surface area contributed by atoms with Crippen molar-refractivity contribution in [2.45, 2.75) is 32.7 Å². The van der Waals surface area contributed by atoms with Crippen molar-refractivity contribution in [3.05, 3.63) is 57.7 Å². The van der Waals surface area contributed by atoms with Gasteiger partial charge >= 0.3 is 0 Å². The maximum Gasteiger partial charge on any atom is 0.137 e. The van der Waals surface area contributed by atoms with Gasteiger partial charge in [-0.05, 0) is 71.6 Å². The Kier molecular flexibility index (Phi) is 5.38. The van der Waals surface area contributed by atoms with Crippen molar-refractivity contribution in [2.75, 3.05) is 6.54 Å². The molecule has 2 rings (SSSR count). The summed E-state index contributed by atoms with van der Waals surface area (Å²) in [7, 11) is 0. The van der Waals surface area contributed by atoms with E-state index in [2.05, 4.69) is 28.2 Å². The van der Waals surface area contributed by atoms with Crippen LogP contribution < -0.4 is 5.32 Å². The molecule has 0 aliphatic rings. The Balaban J connectivity index is 2.19. The lowest BCUT2D eigenvalue weighted by Crippen LogP contribution is -2.24. The molecule has 1 heterocycles. The van der Waals surface area contributed by atoms with E-state index in [4.69, 9.17) is 4.42 Å². The fraction of sp³-hybridized carbons (Fsp3) is 0.375. The molecule has 4 heteroatoms. The monoisotopic (exact) mass is 339 g/mol. The zero-order chi connectivity index (χ0) is 14.5. The van der Waals surface area contributed by atoms with Crippen molar-refractivity contribution >= 4 is 15.9 Å². The number of rotatable bonds is 6. The fourth-order valence-corrected chi connectivity index (χ4v) is 2.65. The van der Waals surface area contributed by atoms with Gasteiger partial charge in [0.2, 0.25) is 0 Å². The van der Waals surface area contributed by atoms with Crippen molar-refractivity contribution < 1.29 is 8.81 Å². The Morgan fingerprint density at radius 3 is 2.75 bits per heavy atom.